The molecule has 0 unspecified atom stereocenters. The molecule has 136 valence electrons. The molecule has 2 aromatic carbocycles. The second-order valence-electron chi connectivity index (χ2n) is 6.23. The number of nitrogens with one attached hydrogen (secondary N) is 1. The molecule has 0 atom stereocenters. The van der Waals surface area contributed by atoms with Gasteiger partial charge in [0.25, 0.3) is 11.8 Å². The minimum Gasteiger partial charge on any atom is -0.336 e. The first kappa shape index (κ1) is 18.6. The quantitative estimate of drug-likeness (QED) is 0.831. The Morgan fingerprint density at radius 3 is 2.31 bits per heavy atom. The SMILES string of the molecule is CCN1CCN(C(=O)c2ccccc2NC(=O)c2ccc(Br)cc2)CC1. The number of anilines is 1. The van der Waals surface area contributed by atoms with E-state index in [9.17, 15) is 9.59 Å². The predicted molar refractivity (Wildman–Crippen MR) is 107 cm³/mol. The minimum atomic E-state index is -0.228. The number of hydrogen-bond acceptors (Lipinski definition) is 3. The van der Waals surface area contributed by atoms with E-state index in [4.69, 9.17) is 0 Å². The Bertz CT molecular complexity index is 784. The van der Waals surface area contributed by atoms with Crippen molar-refractivity contribution in [1.29, 1.82) is 0 Å². The van der Waals surface area contributed by atoms with E-state index in [1.807, 2.05) is 29.2 Å². The average molecular weight is 416 g/mol. The Kier molecular flexibility index (Phi) is 6.06. The van der Waals surface area contributed by atoms with Crippen LogP contribution in [0.2, 0.25) is 0 Å². The molecule has 0 spiro atoms. The lowest BCUT2D eigenvalue weighted by Crippen LogP contribution is -2.48. The summed E-state index contributed by atoms with van der Waals surface area (Å²) < 4.78 is 0.913. The lowest BCUT2D eigenvalue weighted by molar-refractivity contribution is 0.0644. The van der Waals surface area contributed by atoms with Crippen molar-refractivity contribution in [2.24, 2.45) is 0 Å². The van der Waals surface area contributed by atoms with Crippen LogP contribution in [0.15, 0.2) is 53.0 Å². The molecule has 1 saturated heterocycles. The second-order valence-corrected chi connectivity index (χ2v) is 7.15. The number of carbonyl (C=O) groups is 2. The molecular weight excluding hydrogens is 394 g/mol. The van der Waals surface area contributed by atoms with Gasteiger partial charge in [-0.2, -0.15) is 0 Å². The molecule has 1 aliphatic heterocycles. The fraction of sp³-hybridized carbons (Fsp3) is 0.300. The zero-order valence-electron chi connectivity index (χ0n) is 14.7. The summed E-state index contributed by atoms with van der Waals surface area (Å²) in [6.45, 7) is 6.32. The molecule has 0 aliphatic carbocycles. The summed E-state index contributed by atoms with van der Waals surface area (Å²) in [5, 5.41) is 2.87. The van der Waals surface area contributed by atoms with Crippen molar-refractivity contribution < 1.29 is 9.59 Å². The van der Waals surface area contributed by atoms with Gasteiger partial charge in [-0.3, -0.25) is 9.59 Å². The van der Waals surface area contributed by atoms with Crippen LogP contribution in [-0.4, -0.2) is 54.3 Å². The molecule has 0 saturated carbocycles. The summed E-state index contributed by atoms with van der Waals surface area (Å²) in [7, 11) is 0. The number of para-hydroxylation sites is 1. The molecule has 1 fully saturated rings. The van der Waals surface area contributed by atoms with Crippen LogP contribution in [0.25, 0.3) is 0 Å². The molecule has 26 heavy (non-hydrogen) atoms. The molecule has 2 aromatic rings. The van der Waals surface area contributed by atoms with E-state index >= 15 is 0 Å². The lowest BCUT2D eigenvalue weighted by atomic mass is 10.1. The topological polar surface area (TPSA) is 52.6 Å². The van der Waals surface area contributed by atoms with Crippen LogP contribution >= 0.6 is 15.9 Å². The van der Waals surface area contributed by atoms with Gasteiger partial charge in [0.1, 0.15) is 0 Å². The van der Waals surface area contributed by atoms with Crippen molar-refractivity contribution in [2.45, 2.75) is 6.92 Å². The normalized spacial score (nSPS) is 14.9. The number of likely N-dealkylation sites (N-methyl/N-ethyl adjacent to an activating group) is 1. The third-order valence-electron chi connectivity index (χ3n) is 4.62. The molecule has 3 rings (SSSR count). The smallest absolute Gasteiger partial charge is 0.256 e. The number of carbonyl (C=O) groups excluding carboxylic acids is 2. The monoisotopic (exact) mass is 415 g/mol. The van der Waals surface area contributed by atoms with Gasteiger partial charge in [0.2, 0.25) is 0 Å². The fourth-order valence-electron chi connectivity index (χ4n) is 3.01. The van der Waals surface area contributed by atoms with E-state index in [-0.39, 0.29) is 11.8 Å². The van der Waals surface area contributed by atoms with Crippen LogP contribution in [0, 0.1) is 0 Å². The largest absolute Gasteiger partial charge is 0.336 e. The first-order valence-electron chi connectivity index (χ1n) is 8.76. The number of halogens is 1. The molecule has 0 aromatic heterocycles. The summed E-state index contributed by atoms with van der Waals surface area (Å²) in [5.41, 5.74) is 1.62. The summed E-state index contributed by atoms with van der Waals surface area (Å²) in [5.74, 6) is -0.263. The standard InChI is InChI=1S/C20H22BrN3O2/c1-2-23-11-13-24(14-12-23)20(26)17-5-3-4-6-18(17)22-19(25)15-7-9-16(21)10-8-15/h3-10H,2,11-14H2,1H3,(H,22,25). The number of amides is 2. The zero-order valence-corrected chi connectivity index (χ0v) is 16.3. The first-order chi connectivity index (χ1) is 12.6. The molecule has 1 aliphatic rings. The van der Waals surface area contributed by atoms with Crippen molar-refractivity contribution >= 4 is 33.4 Å². The Labute approximate surface area is 162 Å². The van der Waals surface area contributed by atoms with Gasteiger partial charge >= 0.3 is 0 Å². The van der Waals surface area contributed by atoms with Crippen molar-refractivity contribution in [3.05, 3.63) is 64.1 Å². The number of hydrogen-bond donors (Lipinski definition) is 1. The van der Waals surface area contributed by atoms with Gasteiger partial charge in [-0.25, -0.2) is 0 Å². The van der Waals surface area contributed by atoms with Crippen LogP contribution in [0.5, 0.6) is 0 Å². The summed E-state index contributed by atoms with van der Waals surface area (Å²) in [6.07, 6.45) is 0. The molecule has 0 bridgehead atoms. The first-order valence-corrected chi connectivity index (χ1v) is 9.55. The highest BCUT2D eigenvalue weighted by molar-refractivity contribution is 9.10. The van der Waals surface area contributed by atoms with Crippen molar-refractivity contribution in [3.63, 3.8) is 0 Å². The van der Waals surface area contributed by atoms with E-state index in [2.05, 4.69) is 33.1 Å². The summed E-state index contributed by atoms with van der Waals surface area (Å²) in [6, 6.07) is 14.3. The van der Waals surface area contributed by atoms with Gasteiger partial charge in [0.15, 0.2) is 0 Å². The highest BCUT2D eigenvalue weighted by Gasteiger charge is 2.23. The molecular formula is C20H22BrN3O2. The highest BCUT2D eigenvalue weighted by atomic mass is 79.9. The van der Waals surface area contributed by atoms with Gasteiger partial charge in [0.05, 0.1) is 11.3 Å². The van der Waals surface area contributed by atoms with Gasteiger partial charge in [-0.05, 0) is 42.9 Å². The van der Waals surface area contributed by atoms with Crippen LogP contribution in [0.4, 0.5) is 5.69 Å². The van der Waals surface area contributed by atoms with E-state index < -0.39 is 0 Å². The van der Waals surface area contributed by atoms with Crippen LogP contribution in [0.3, 0.4) is 0 Å². The summed E-state index contributed by atoms with van der Waals surface area (Å²) >= 11 is 3.36. The molecule has 2 amide bonds. The van der Waals surface area contributed by atoms with Gasteiger partial charge in [0, 0.05) is 36.2 Å². The van der Waals surface area contributed by atoms with E-state index in [0.29, 0.717) is 29.9 Å². The number of benzene rings is 2. The van der Waals surface area contributed by atoms with Crippen molar-refractivity contribution in [2.75, 3.05) is 38.0 Å². The number of rotatable bonds is 4. The minimum absolute atomic E-state index is 0.0348. The molecule has 5 nitrogen and oxygen atoms in total. The maximum absolute atomic E-state index is 12.9. The van der Waals surface area contributed by atoms with Crippen molar-refractivity contribution in [3.8, 4) is 0 Å². The third kappa shape index (κ3) is 4.31. The van der Waals surface area contributed by atoms with Crippen LogP contribution in [0.1, 0.15) is 27.6 Å². The molecule has 0 radical (unpaired) electrons. The fourth-order valence-corrected chi connectivity index (χ4v) is 3.28. The van der Waals surface area contributed by atoms with Crippen LogP contribution < -0.4 is 5.32 Å². The Hall–Kier alpha value is -2.18. The molecule has 1 heterocycles. The molecule has 1 N–H and O–H groups in total. The Balaban J connectivity index is 1.74. The Morgan fingerprint density at radius 2 is 1.65 bits per heavy atom. The van der Waals surface area contributed by atoms with E-state index in [1.54, 1.807) is 24.3 Å². The van der Waals surface area contributed by atoms with E-state index in [1.165, 1.54) is 0 Å². The predicted octanol–water partition coefficient (Wildman–Crippen LogP) is 3.48. The number of piperazine rings is 1. The third-order valence-corrected chi connectivity index (χ3v) is 5.15. The van der Waals surface area contributed by atoms with Crippen LogP contribution in [-0.2, 0) is 0 Å². The maximum Gasteiger partial charge on any atom is 0.256 e. The van der Waals surface area contributed by atoms with Gasteiger partial charge in [-0.15, -0.1) is 0 Å². The number of nitrogens with zero attached hydrogens (tertiary/aromatic N) is 2. The Morgan fingerprint density at radius 1 is 1.00 bits per heavy atom. The average Bonchev–Trinajstić information content (AvgIpc) is 2.68. The van der Waals surface area contributed by atoms with Gasteiger partial charge in [-0.1, -0.05) is 35.0 Å². The van der Waals surface area contributed by atoms with Gasteiger partial charge < -0.3 is 15.1 Å². The van der Waals surface area contributed by atoms with Crippen molar-refractivity contribution in [1.82, 2.24) is 9.80 Å². The van der Waals surface area contributed by atoms with E-state index in [0.717, 1.165) is 24.1 Å². The second kappa shape index (κ2) is 8.47. The zero-order chi connectivity index (χ0) is 18.5. The molecule has 6 heteroatoms. The summed E-state index contributed by atoms with van der Waals surface area (Å²) in [4.78, 5) is 29.6. The maximum atomic E-state index is 12.9. The highest BCUT2D eigenvalue weighted by Crippen LogP contribution is 2.20. The lowest BCUT2D eigenvalue weighted by Gasteiger charge is -2.34.